The fraction of sp³-hybridized carbons (Fsp3) is 0.364. The van der Waals surface area contributed by atoms with Crippen molar-refractivity contribution in [3.63, 3.8) is 0 Å². The molecule has 0 spiro atoms. The summed E-state index contributed by atoms with van der Waals surface area (Å²) in [6.45, 7) is 1.78. The van der Waals surface area contributed by atoms with Crippen molar-refractivity contribution in [3.05, 3.63) is 29.3 Å². The van der Waals surface area contributed by atoms with Crippen LogP contribution >= 0.6 is 0 Å². The van der Waals surface area contributed by atoms with Crippen LogP contribution in [0.25, 0.3) is 0 Å². The summed E-state index contributed by atoms with van der Waals surface area (Å²) in [4.78, 5) is 10.5. The molecule has 4 heteroatoms. The average Bonchev–Trinajstić information content (AvgIpc) is 2.26. The second-order valence-corrected chi connectivity index (χ2v) is 3.62. The second kappa shape index (κ2) is 4.31. The lowest BCUT2D eigenvalue weighted by atomic mass is 9.99. The van der Waals surface area contributed by atoms with Crippen molar-refractivity contribution in [1.82, 2.24) is 5.32 Å². The van der Waals surface area contributed by atoms with E-state index in [2.05, 4.69) is 16.7 Å². The third kappa shape index (κ3) is 2.27. The molecule has 1 aliphatic rings. The van der Waals surface area contributed by atoms with Gasteiger partial charge in [0.1, 0.15) is 6.54 Å². The molecule has 15 heavy (non-hydrogen) atoms. The molecule has 0 saturated carbocycles. The molecule has 0 aliphatic carbocycles. The lowest BCUT2D eigenvalue weighted by molar-refractivity contribution is -0.134. The zero-order valence-corrected chi connectivity index (χ0v) is 8.42. The first-order valence-corrected chi connectivity index (χ1v) is 5.04. The quantitative estimate of drug-likeness (QED) is 0.685. The molecule has 0 radical (unpaired) electrons. The first-order chi connectivity index (χ1) is 7.27. The standard InChI is InChI=1S/C11H14N2O2/c14-11(15)7-13-10-3-1-2-8-4-5-12-6-9(8)10/h1-3,12-13H,4-7H2,(H,14,15). The highest BCUT2D eigenvalue weighted by Crippen LogP contribution is 2.22. The van der Waals surface area contributed by atoms with Crippen LogP contribution < -0.4 is 10.6 Å². The van der Waals surface area contributed by atoms with E-state index in [-0.39, 0.29) is 6.54 Å². The van der Waals surface area contributed by atoms with Crippen molar-refractivity contribution in [2.24, 2.45) is 0 Å². The molecule has 0 bridgehead atoms. The summed E-state index contributed by atoms with van der Waals surface area (Å²) in [5.41, 5.74) is 3.44. The van der Waals surface area contributed by atoms with Crippen LogP contribution in [0.1, 0.15) is 11.1 Å². The first-order valence-electron chi connectivity index (χ1n) is 5.04. The average molecular weight is 206 g/mol. The summed E-state index contributed by atoms with van der Waals surface area (Å²) in [5, 5.41) is 14.8. The van der Waals surface area contributed by atoms with Crippen LogP contribution in [0.5, 0.6) is 0 Å². The van der Waals surface area contributed by atoms with E-state index in [1.165, 1.54) is 11.1 Å². The summed E-state index contributed by atoms with van der Waals surface area (Å²) in [5.74, 6) is -0.837. The Kier molecular flexibility index (Phi) is 2.87. The summed E-state index contributed by atoms with van der Waals surface area (Å²) >= 11 is 0. The molecule has 4 nitrogen and oxygen atoms in total. The Morgan fingerprint density at radius 2 is 2.40 bits per heavy atom. The molecule has 0 unspecified atom stereocenters. The van der Waals surface area contributed by atoms with E-state index in [4.69, 9.17) is 5.11 Å². The van der Waals surface area contributed by atoms with Gasteiger partial charge in [0.15, 0.2) is 0 Å². The van der Waals surface area contributed by atoms with Crippen molar-refractivity contribution in [2.45, 2.75) is 13.0 Å². The predicted molar refractivity (Wildman–Crippen MR) is 58.0 cm³/mol. The van der Waals surface area contributed by atoms with Crippen LogP contribution in [0.4, 0.5) is 5.69 Å². The molecule has 0 saturated heterocycles. The normalized spacial score (nSPS) is 14.4. The number of fused-ring (bicyclic) bond motifs is 1. The Labute approximate surface area is 88.3 Å². The maximum atomic E-state index is 10.5. The third-order valence-corrected chi connectivity index (χ3v) is 2.58. The van der Waals surface area contributed by atoms with E-state index >= 15 is 0 Å². The second-order valence-electron chi connectivity index (χ2n) is 3.62. The van der Waals surface area contributed by atoms with Crippen LogP contribution in [0.15, 0.2) is 18.2 Å². The fourth-order valence-corrected chi connectivity index (χ4v) is 1.85. The van der Waals surface area contributed by atoms with Crippen molar-refractivity contribution in [1.29, 1.82) is 0 Å². The first kappa shape index (κ1) is 9.98. The molecular weight excluding hydrogens is 192 g/mol. The van der Waals surface area contributed by atoms with E-state index in [1.54, 1.807) is 0 Å². The van der Waals surface area contributed by atoms with Crippen LogP contribution in [-0.2, 0) is 17.8 Å². The summed E-state index contributed by atoms with van der Waals surface area (Å²) < 4.78 is 0. The lowest BCUT2D eigenvalue weighted by Gasteiger charge is -2.20. The number of nitrogens with one attached hydrogen (secondary N) is 2. The fourth-order valence-electron chi connectivity index (χ4n) is 1.85. The van der Waals surface area contributed by atoms with Gasteiger partial charge in [-0.1, -0.05) is 12.1 Å². The minimum absolute atomic E-state index is 0.0313. The molecule has 2 rings (SSSR count). The number of rotatable bonds is 3. The minimum atomic E-state index is -0.837. The molecule has 1 aliphatic heterocycles. The highest BCUT2D eigenvalue weighted by atomic mass is 16.4. The molecule has 80 valence electrons. The van der Waals surface area contributed by atoms with Gasteiger partial charge in [0.25, 0.3) is 0 Å². The number of carboxylic acid groups (broad SMARTS) is 1. The summed E-state index contributed by atoms with van der Waals surface area (Å²) in [6, 6.07) is 5.99. The van der Waals surface area contributed by atoms with Gasteiger partial charge in [-0.05, 0) is 30.2 Å². The number of hydrogen-bond acceptors (Lipinski definition) is 3. The van der Waals surface area contributed by atoms with Gasteiger partial charge < -0.3 is 15.7 Å². The van der Waals surface area contributed by atoms with Crippen molar-refractivity contribution in [3.8, 4) is 0 Å². The number of benzene rings is 1. The van der Waals surface area contributed by atoms with E-state index in [1.807, 2.05) is 12.1 Å². The Bertz CT molecular complexity index is 377. The van der Waals surface area contributed by atoms with Gasteiger partial charge >= 0.3 is 5.97 Å². The SMILES string of the molecule is O=C(O)CNc1cccc2c1CNCC2. The van der Waals surface area contributed by atoms with Crippen molar-refractivity contribution in [2.75, 3.05) is 18.4 Å². The van der Waals surface area contributed by atoms with Gasteiger partial charge in [-0.25, -0.2) is 0 Å². The Morgan fingerprint density at radius 3 is 3.20 bits per heavy atom. The van der Waals surface area contributed by atoms with Crippen LogP contribution in [0, 0.1) is 0 Å². The third-order valence-electron chi connectivity index (χ3n) is 2.58. The van der Waals surface area contributed by atoms with Gasteiger partial charge in [-0.2, -0.15) is 0 Å². The number of hydrogen-bond donors (Lipinski definition) is 3. The number of aliphatic carboxylic acids is 1. The Morgan fingerprint density at radius 1 is 1.53 bits per heavy atom. The zero-order valence-electron chi connectivity index (χ0n) is 8.42. The predicted octanol–water partition coefficient (Wildman–Crippen LogP) is 0.829. The van der Waals surface area contributed by atoms with Gasteiger partial charge in [-0.3, -0.25) is 4.79 Å². The molecule has 3 N–H and O–H groups in total. The minimum Gasteiger partial charge on any atom is -0.480 e. The smallest absolute Gasteiger partial charge is 0.322 e. The highest BCUT2D eigenvalue weighted by Gasteiger charge is 2.12. The Hall–Kier alpha value is -1.55. The van der Waals surface area contributed by atoms with Crippen LogP contribution in [-0.4, -0.2) is 24.2 Å². The summed E-state index contributed by atoms with van der Waals surface area (Å²) in [7, 11) is 0. The van der Waals surface area contributed by atoms with E-state index < -0.39 is 5.97 Å². The largest absolute Gasteiger partial charge is 0.480 e. The molecule has 1 heterocycles. The molecular formula is C11H14N2O2. The Balaban J connectivity index is 2.19. The van der Waals surface area contributed by atoms with Gasteiger partial charge in [0.2, 0.25) is 0 Å². The van der Waals surface area contributed by atoms with E-state index in [0.29, 0.717) is 0 Å². The van der Waals surface area contributed by atoms with Crippen LogP contribution in [0.2, 0.25) is 0 Å². The van der Waals surface area contributed by atoms with E-state index in [0.717, 1.165) is 25.2 Å². The molecule has 0 atom stereocenters. The van der Waals surface area contributed by atoms with Gasteiger partial charge in [-0.15, -0.1) is 0 Å². The van der Waals surface area contributed by atoms with Crippen LogP contribution in [0.3, 0.4) is 0 Å². The van der Waals surface area contributed by atoms with Gasteiger partial charge in [0.05, 0.1) is 0 Å². The molecule has 1 aromatic rings. The van der Waals surface area contributed by atoms with Gasteiger partial charge in [0, 0.05) is 12.2 Å². The number of anilines is 1. The van der Waals surface area contributed by atoms with Crippen molar-refractivity contribution < 1.29 is 9.90 Å². The topological polar surface area (TPSA) is 61.4 Å². The van der Waals surface area contributed by atoms with E-state index in [9.17, 15) is 4.79 Å². The monoisotopic (exact) mass is 206 g/mol. The number of carbonyl (C=O) groups is 1. The molecule has 0 fully saturated rings. The molecule has 0 amide bonds. The highest BCUT2D eigenvalue weighted by molar-refractivity contribution is 5.73. The number of carboxylic acids is 1. The molecule has 1 aromatic carbocycles. The molecule has 0 aromatic heterocycles. The lowest BCUT2D eigenvalue weighted by Crippen LogP contribution is -2.25. The maximum Gasteiger partial charge on any atom is 0.322 e. The zero-order chi connectivity index (χ0) is 10.7. The maximum absolute atomic E-state index is 10.5. The summed E-state index contributed by atoms with van der Waals surface area (Å²) in [6.07, 6.45) is 1.01. The van der Waals surface area contributed by atoms with Crippen molar-refractivity contribution >= 4 is 11.7 Å².